The first-order chi connectivity index (χ1) is 8.76. The lowest BCUT2D eigenvalue weighted by Gasteiger charge is -2.10. The summed E-state index contributed by atoms with van der Waals surface area (Å²) in [7, 11) is -7.01. The van der Waals surface area contributed by atoms with E-state index in [1.165, 1.54) is 6.07 Å². The predicted molar refractivity (Wildman–Crippen MR) is 72.4 cm³/mol. The smallest absolute Gasteiger partial charge is 0.240 e. The SMILES string of the molecule is CS(=O)(=O)NCCNS(=O)(=O)c1ccccc1CN. The maximum Gasteiger partial charge on any atom is 0.240 e. The van der Waals surface area contributed by atoms with Crippen molar-refractivity contribution in [2.24, 2.45) is 5.73 Å². The van der Waals surface area contributed by atoms with Gasteiger partial charge in [-0.2, -0.15) is 0 Å². The zero-order valence-electron chi connectivity index (χ0n) is 10.5. The quantitative estimate of drug-likeness (QED) is 0.557. The monoisotopic (exact) mass is 307 g/mol. The molecule has 0 aliphatic rings. The topological polar surface area (TPSA) is 118 Å². The average molecular weight is 307 g/mol. The average Bonchev–Trinajstić information content (AvgIpc) is 2.33. The summed E-state index contributed by atoms with van der Waals surface area (Å²) in [6, 6.07) is 6.38. The van der Waals surface area contributed by atoms with Crippen molar-refractivity contribution in [1.82, 2.24) is 9.44 Å². The molecule has 4 N–H and O–H groups in total. The molecular weight excluding hydrogens is 290 g/mol. The Kier molecular flexibility index (Phi) is 5.44. The molecule has 0 atom stereocenters. The number of benzene rings is 1. The molecule has 0 amide bonds. The van der Waals surface area contributed by atoms with Crippen molar-refractivity contribution in [3.63, 3.8) is 0 Å². The number of nitrogens with two attached hydrogens (primary N) is 1. The molecule has 0 fully saturated rings. The van der Waals surface area contributed by atoms with Crippen molar-refractivity contribution in [2.75, 3.05) is 19.3 Å². The van der Waals surface area contributed by atoms with Gasteiger partial charge in [-0.15, -0.1) is 0 Å². The van der Waals surface area contributed by atoms with Crippen LogP contribution in [-0.2, 0) is 26.6 Å². The molecule has 19 heavy (non-hydrogen) atoms. The largest absolute Gasteiger partial charge is 0.326 e. The number of rotatable bonds is 7. The van der Waals surface area contributed by atoms with Crippen molar-refractivity contribution in [3.8, 4) is 0 Å². The molecule has 0 aliphatic heterocycles. The van der Waals surface area contributed by atoms with Gasteiger partial charge in [0.15, 0.2) is 0 Å². The second-order valence-corrected chi connectivity index (χ2v) is 7.44. The van der Waals surface area contributed by atoms with E-state index in [2.05, 4.69) is 9.44 Å². The third-order valence-corrected chi connectivity index (χ3v) is 4.55. The fourth-order valence-corrected chi connectivity index (χ4v) is 3.19. The summed E-state index contributed by atoms with van der Waals surface area (Å²) in [6.45, 7) is 0.0653. The highest BCUT2D eigenvalue weighted by Crippen LogP contribution is 2.14. The van der Waals surface area contributed by atoms with E-state index in [4.69, 9.17) is 5.73 Å². The van der Waals surface area contributed by atoms with Gasteiger partial charge < -0.3 is 5.73 Å². The van der Waals surface area contributed by atoms with Gasteiger partial charge in [0.2, 0.25) is 20.0 Å². The first-order valence-corrected chi connectivity index (χ1v) is 8.86. The lowest BCUT2D eigenvalue weighted by molar-refractivity contribution is 0.572. The van der Waals surface area contributed by atoms with Crippen LogP contribution in [0.4, 0.5) is 0 Å². The van der Waals surface area contributed by atoms with Crippen LogP contribution in [0.3, 0.4) is 0 Å². The number of hydrogen-bond donors (Lipinski definition) is 3. The molecule has 0 aliphatic carbocycles. The number of nitrogens with one attached hydrogen (secondary N) is 2. The van der Waals surface area contributed by atoms with Gasteiger partial charge in [0.05, 0.1) is 11.2 Å². The third-order valence-electron chi connectivity index (χ3n) is 2.26. The van der Waals surface area contributed by atoms with E-state index >= 15 is 0 Å². The van der Waals surface area contributed by atoms with Crippen LogP contribution >= 0.6 is 0 Å². The molecule has 1 aromatic carbocycles. The summed E-state index contributed by atoms with van der Waals surface area (Å²) in [5.74, 6) is 0. The van der Waals surface area contributed by atoms with Crippen LogP contribution in [0.5, 0.6) is 0 Å². The van der Waals surface area contributed by atoms with E-state index in [-0.39, 0.29) is 24.5 Å². The maximum absolute atomic E-state index is 12.0. The Labute approximate surface area is 113 Å². The highest BCUT2D eigenvalue weighted by molar-refractivity contribution is 7.89. The fraction of sp³-hybridized carbons (Fsp3) is 0.400. The zero-order valence-corrected chi connectivity index (χ0v) is 12.1. The predicted octanol–water partition coefficient (Wildman–Crippen LogP) is -1.03. The van der Waals surface area contributed by atoms with Gasteiger partial charge >= 0.3 is 0 Å². The highest BCUT2D eigenvalue weighted by atomic mass is 32.2. The summed E-state index contributed by atoms with van der Waals surface area (Å²) in [5, 5.41) is 0. The lowest BCUT2D eigenvalue weighted by atomic mass is 10.2. The van der Waals surface area contributed by atoms with E-state index in [9.17, 15) is 16.8 Å². The Morgan fingerprint density at radius 2 is 1.63 bits per heavy atom. The second-order valence-electron chi connectivity index (χ2n) is 3.88. The lowest BCUT2D eigenvalue weighted by Crippen LogP contribution is -2.34. The van der Waals surface area contributed by atoms with Crippen LogP contribution in [0.2, 0.25) is 0 Å². The van der Waals surface area contributed by atoms with E-state index in [1.807, 2.05) is 0 Å². The molecule has 7 nitrogen and oxygen atoms in total. The van der Waals surface area contributed by atoms with Gasteiger partial charge in [0.1, 0.15) is 0 Å². The molecular formula is C10H17N3O4S2. The van der Waals surface area contributed by atoms with E-state index < -0.39 is 20.0 Å². The van der Waals surface area contributed by atoms with Gasteiger partial charge in [-0.25, -0.2) is 26.3 Å². The van der Waals surface area contributed by atoms with Crippen molar-refractivity contribution in [2.45, 2.75) is 11.4 Å². The summed E-state index contributed by atoms with van der Waals surface area (Å²) >= 11 is 0. The minimum absolute atomic E-state index is 0.0111. The van der Waals surface area contributed by atoms with E-state index in [0.29, 0.717) is 5.56 Å². The Morgan fingerprint density at radius 3 is 2.21 bits per heavy atom. The Bertz CT molecular complexity index is 626. The Balaban J connectivity index is 2.71. The Morgan fingerprint density at radius 1 is 1.05 bits per heavy atom. The molecule has 0 aromatic heterocycles. The van der Waals surface area contributed by atoms with Crippen molar-refractivity contribution >= 4 is 20.0 Å². The molecule has 0 heterocycles. The first-order valence-electron chi connectivity index (χ1n) is 5.48. The highest BCUT2D eigenvalue weighted by Gasteiger charge is 2.16. The minimum atomic E-state index is -3.69. The summed E-state index contributed by atoms with van der Waals surface area (Å²) in [5.41, 5.74) is 5.98. The van der Waals surface area contributed by atoms with Crippen molar-refractivity contribution in [3.05, 3.63) is 29.8 Å². The van der Waals surface area contributed by atoms with E-state index in [1.54, 1.807) is 18.2 Å². The molecule has 1 aromatic rings. The molecule has 9 heteroatoms. The van der Waals surface area contributed by atoms with Gasteiger partial charge in [-0.1, -0.05) is 18.2 Å². The molecule has 108 valence electrons. The maximum atomic E-state index is 12.0. The van der Waals surface area contributed by atoms with Crippen LogP contribution in [0.1, 0.15) is 5.56 Å². The molecule has 0 radical (unpaired) electrons. The van der Waals surface area contributed by atoms with E-state index in [0.717, 1.165) is 6.26 Å². The standard InChI is InChI=1S/C10H17N3O4S2/c1-18(14,15)12-6-7-13-19(16,17)10-5-3-2-4-9(10)8-11/h2-5,12-13H,6-8,11H2,1H3. The Hall–Kier alpha value is -1.00. The second kappa shape index (κ2) is 6.44. The number of hydrogen-bond acceptors (Lipinski definition) is 5. The van der Waals surface area contributed by atoms with Crippen LogP contribution in [-0.4, -0.2) is 36.2 Å². The van der Waals surface area contributed by atoms with Crippen LogP contribution in [0, 0.1) is 0 Å². The molecule has 0 saturated carbocycles. The molecule has 0 saturated heterocycles. The molecule has 0 spiro atoms. The minimum Gasteiger partial charge on any atom is -0.326 e. The first kappa shape index (κ1) is 16.1. The van der Waals surface area contributed by atoms with Crippen molar-refractivity contribution in [1.29, 1.82) is 0 Å². The summed E-state index contributed by atoms with van der Waals surface area (Å²) < 4.78 is 50.1. The normalized spacial score (nSPS) is 12.5. The van der Waals surface area contributed by atoms with Gasteiger partial charge in [-0.3, -0.25) is 0 Å². The van der Waals surface area contributed by atoms with Gasteiger partial charge in [0, 0.05) is 19.6 Å². The van der Waals surface area contributed by atoms with Crippen LogP contribution in [0.15, 0.2) is 29.2 Å². The van der Waals surface area contributed by atoms with Crippen LogP contribution in [0.25, 0.3) is 0 Å². The zero-order chi connectivity index (χ0) is 14.5. The van der Waals surface area contributed by atoms with Gasteiger partial charge in [-0.05, 0) is 11.6 Å². The summed E-state index contributed by atoms with van der Waals surface area (Å²) in [6.07, 6.45) is 1.01. The van der Waals surface area contributed by atoms with Gasteiger partial charge in [0.25, 0.3) is 0 Å². The molecule has 0 bridgehead atoms. The molecule has 1 rings (SSSR count). The number of sulfonamides is 2. The summed E-state index contributed by atoms with van der Waals surface area (Å²) in [4.78, 5) is 0.108. The fourth-order valence-electron chi connectivity index (χ4n) is 1.43. The van der Waals surface area contributed by atoms with Crippen LogP contribution < -0.4 is 15.2 Å². The molecule has 0 unspecified atom stereocenters. The van der Waals surface area contributed by atoms with Crippen molar-refractivity contribution < 1.29 is 16.8 Å². The third kappa shape index (κ3) is 5.25.